The van der Waals surface area contributed by atoms with Crippen molar-refractivity contribution in [2.75, 3.05) is 32.8 Å². The van der Waals surface area contributed by atoms with E-state index < -0.39 is 0 Å². The molecule has 1 aliphatic heterocycles. The molecule has 0 radical (unpaired) electrons. The molecule has 1 heterocycles. The van der Waals surface area contributed by atoms with Crippen LogP contribution in [0.15, 0.2) is 48.5 Å². The van der Waals surface area contributed by atoms with E-state index in [1.54, 1.807) is 12.1 Å². The Bertz CT molecular complexity index is 754. The molecule has 1 saturated heterocycles. The number of aryl methyl sites for hydroxylation is 1. The monoisotopic (exact) mass is 388 g/mol. The van der Waals surface area contributed by atoms with E-state index in [1.807, 2.05) is 19.1 Å². The molecule has 3 rings (SSSR count). The van der Waals surface area contributed by atoms with Crippen molar-refractivity contribution in [2.24, 2.45) is 0 Å². The van der Waals surface area contributed by atoms with Crippen molar-refractivity contribution < 1.29 is 14.3 Å². The van der Waals surface area contributed by atoms with Crippen molar-refractivity contribution in [1.29, 1.82) is 0 Å². The van der Waals surface area contributed by atoms with Gasteiger partial charge in [0.1, 0.15) is 5.75 Å². The number of halogens is 1. The van der Waals surface area contributed by atoms with E-state index in [0.29, 0.717) is 23.9 Å². The van der Waals surface area contributed by atoms with E-state index >= 15 is 0 Å². The zero-order valence-corrected chi connectivity index (χ0v) is 16.2. The van der Waals surface area contributed by atoms with Crippen LogP contribution in [-0.2, 0) is 16.1 Å². The minimum atomic E-state index is -0.159. The summed E-state index contributed by atoms with van der Waals surface area (Å²) < 4.78 is 11.4. The minimum absolute atomic E-state index is 0.0105. The second kappa shape index (κ2) is 9.74. The predicted octanol–water partition coefficient (Wildman–Crippen LogP) is 3.04. The molecule has 1 amide bonds. The number of carbonyl (C=O) groups is 1. The van der Waals surface area contributed by atoms with Gasteiger partial charge in [-0.15, -0.1) is 0 Å². The Morgan fingerprint density at radius 2 is 2.11 bits per heavy atom. The molecule has 144 valence electrons. The number of rotatable bonds is 7. The van der Waals surface area contributed by atoms with Gasteiger partial charge in [-0.25, -0.2) is 0 Å². The van der Waals surface area contributed by atoms with Crippen molar-refractivity contribution >= 4 is 17.5 Å². The van der Waals surface area contributed by atoms with Gasteiger partial charge in [-0.3, -0.25) is 9.69 Å². The maximum absolute atomic E-state index is 12.1. The normalized spacial score (nSPS) is 17.5. The van der Waals surface area contributed by atoms with Crippen LogP contribution in [0.1, 0.15) is 11.1 Å². The Hall–Kier alpha value is -2.08. The SMILES string of the molecule is Cc1cc(Cl)ccc1OCC(=O)NCC1CN(Cc2ccccc2)CCO1. The van der Waals surface area contributed by atoms with Crippen molar-refractivity contribution in [3.05, 3.63) is 64.7 Å². The van der Waals surface area contributed by atoms with Crippen molar-refractivity contribution in [3.63, 3.8) is 0 Å². The van der Waals surface area contributed by atoms with E-state index in [1.165, 1.54) is 5.56 Å². The number of nitrogens with zero attached hydrogens (tertiary/aromatic N) is 1. The molecular weight excluding hydrogens is 364 g/mol. The number of hydrogen-bond acceptors (Lipinski definition) is 4. The fourth-order valence-corrected chi connectivity index (χ4v) is 3.31. The van der Waals surface area contributed by atoms with Gasteiger partial charge >= 0.3 is 0 Å². The Kier molecular flexibility index (Phi) is 7.10. The number of hydrogen-bond donors (Lipinski definition) is 1. The summed E-state index contributed by atoms with van der Waals surface area (Å²) in [5.41, 5.74) is 2.19. The molecule has 0 saturated carbocycles. The van der Waals surface area contributed by atoms with Crippen molar-refractivity contribution in [3.8, 4) is 5.75 Å². The third-order valence-electron chi connectivity index (χ3n) is 4.49. The van der Waals surface area contributed by atoms with Gasteiger partial charge in [0.15, 0.2) is 6.61 Å². The van der Waals surface area contributed by atoms with Crippen LogP contribution in [0.4, 0.5) is 0 Å². The molecule has 2 aromatic rings. The maximum atomic E-state index is 12.1. The highest BCUT2D eigenvalue weighted by Gasteiger charge is 2.21. The maximum Gasteiger partial charge on any atom is 0.258 e. The first-order chi connectivity index (χ1) is 13.1. The molecule has 27 heavy (non-hydrogen) atoms. The molecule has 1 atom stereocenters. The number of morpholine rings is 1. The average molecular weight is 389 g/mol. The standard InChI is InChI=1S/C21H25ClN2O3/c1-16-11-18(22)7-8-20(16)27-15-21(25)23-12-19-14-24(9-10-26-19)13-17-5-3-2-4-6-17/h2-8,11,19H,9-10,12-15H2,1H3,(H,23,25). The molecule has 1 unspecified atom stereocenters. The summed E-state index contributed by atoms with van der Waals surface area (Å²) in [6.45, 7) is 5.62. The second-order valence-corrected chi connectivity index (χ2v) is 7.15. The zero-order valence-electron chi connectivity index (χ0n) is 15.5. The van der Waals surface area contributed by atoms with Crippen LogP contribution < -0.4 is 10.1 Å². The Labute approximate surface area is 165 Å². The molecule has 0 bridgehead atoms. The second-order valence-electron chi connectivity index (χ2n) is 6.72. The summed E-state index contributed by atoms with van der Waals surface area (Å²) >= 11 is 5.93. The first-order valence-electron chi connectivity index (χ1n) is 9.13. The number of ether oxygens (including phenoxy) is 2. The van der Waals surface area contributed by atoms with E-state index in [-0.39, 0.29) is 18.6 Å². The Morgan fingerprint density at radius 1 is 1.30 bits per heavy atom. The molecule has 6 heteroatoms. The molecule has 0 aliphatic carbocycles. The fraction of sp³-hybridized carbons (Fsp3) is 0.381. The lowest BCUT2D eigenvalue weighted by Gasteiger charge is -2.33. The van der Waals surface area contributed by atoms with Gasteiger partial charge in [0.25, 0.3) is 5.91 Å². The fourth-order valence-electron chi connectivity index (χ4n) is 3.09. The number of amides is 1. The lowest BCUT2D eigenvalue weighted by Crippen LogP contribution is -2.47. The molecule has 0 spiro atoms. The summed E-state index contributed by atoms with van der Waals surface area (Å²) in [6, 6.07) is 15.7. The quantitative estimate of drug-likeness (QED) is 0.792. The van der Waals surface area contributed by atoms with Crippen LogP contribution in [-0.4, -0.2) is 49.8 Å². The van der Waals surface area contributed by atoms with Crippen molar-refractivity contribution in [1.82, 2.24) is 10.2 Å². The third kappa shape index (κ3) is 6.24. The zero-order chi connectivity index (χ0) is 19.1. The first kappa shape index (κ1) is 19.7. The van der Waals surface area contributed by atoms with Crippen LogP contribution in [0, 0.1) is 6.92 Å². The van der Waals surface area contributed by atoms with E-state index in [4.69, 9.17) is 21.1 Å². The van der Waals surface area contributed by atoms with Crippen LogP contribution in [0.3, 0.4) is 0 Å². The van der Waals surface area contributed by atoms with Crippen molar-refractivity contribution in [2.45, 2.75) is 19.6 Å². The molecule has 1 fully saturated rings. The van der Waals surface area contributed by atoms with Crippen LogP contribution >= 0.6 is 11.6 Å². The van der Waals surface area contributed by atoms with E-state index in [9.17, 15) is 4.79 Å². The topological polar surface area (TPSA) is 50.8 Å². The Balaban J connectivity index is 1.40. The highest BCUT2D eigenvalue weighted by molar-refractivity contribution is 6.30. The minimum Gasteiger partial charge on any atom is -0.484 e. The number of carbonyl (C=O) groups excluding carboxylic acids is 1. The lowest BCUT2D eigenvalue weighted by molar-refractivity contribution is -0.124. The van der Waals surface area contributed by atoms with Crippen LogP contribution in [0.25, 0.3) is 0 Å². The van der Waals surface area contributed by atoms with Gasteiger partial charge < -0.3 is 14.8 Å². The summed E-state index contributed by atoms with van der Waals surface area (Å²) in [6.07, 6.45) is -0.0105. The van der Waals surface area contributed by atoms with Gasteiger partial charge in [-0.1, -0.05) is 41.9 Å². The summed E-state index contributed by atoms with van der Waals surface area (Å²) in [4.78, 5) is 14.4. The molecule has 0 aromatic heterocycles. The van der Waals surface area contributed by atoms with E-state index in [0.717, 1.165) is 25.2 Å². The number of nitrogens with one attached hydrogen (secondary N) is 1. The summed E-state index contributed by atoms with van der Waals surface area (Å²) in [7, 11) is 0. The molecular formula is C21H25ClN2O3. The van der Waals surface area contributed by atoms with Gasteiger partial charge in [-0.2, -0.15) is 0 Å². The number of benzene rings is 2. The predicted molar refractivity (Wildman–Crippen MR) is 106 cm³/mol. The molecule has 5 nitrogen and oxygen atoms in total. The lowest BCUT2D eigenvalue weighted by atomic mass is 10.2. The van der Waals surface area contributed by atoms with E-state index in [2.05, 4.69) is 34.5 Å². The van der Waals surface area contributed by atoms with Gasteiger partial charge in [0, 0.05) is 31.2 Å². The third-order valence-corrected chi connectivity index (χ3v) is 4.73. The Morgan fingerprint density at radius 3 is 2.89 bits per heavy atom. The van der Waals surface area contributed by atoms with Crippen LogP contribution in [0.2, 0.25) is 5.02 Å². The largest absolute Gasteiger partial charge is 0.484 e. The highest BCUT2D eigenvalue weighted by atomic mass is 35.5. The van der Waals surface area contributed by atoms with Gasteiger partial charge in [-0.05, 0) is 36.2 Å². The highest BCUT2D eigenvalue weighted by Crippen LogP contribution is 2.21. The average Bonchev–Trinajstić information content (AvgIpc) is 2.67. The van der Waals surface area contributed by atoms with Gasteiger partial charge in [0.2, 0.25) is 0 Å². The summed E-state index contributed by atoms with van der Waals surface area (Å²) in [5.74, 6) is 0.505. The first-order valence-corrected chi connectivity index (χ1v) is 9.51. The molecule has 1 aliphatic rings. The van der Waals surface area contributed by atoms with Gasteiger partial charge in [0.05, 0.1) is 12.7 Å². The van der Waals surface area contributed by atoms with Crippen LogP contribution in [0.5, 0.6) is 5.75 Å². The molecule has 1 N–H and O–H groups in total. The summed E-state index contributed by atoms with van der Waals surface area (Å²) in [5, 5.41) is 3.55. The molecule has 2 aromatic carbocycles. The smallest absolute Gasteiger partial charge is 0.258 e.